The monoisotopic (exact) mass is 308 g/mol. The van der Waals surface area contributed by atoms with Gasteiger partial charge in [-0.2, -0.15) is 0 Å². The van der Waals surface area contributed by atoms with E-state index >= 15 is 0 Å². The largest absolute Gasteiger partial charge is 0.321 e. The minimum Gasteiger partial charge on any atom is -0.321 e. The second-order valence-corrected chi connectivity index (χ2v) is 7.27. The van der Waals surface area contributed by atoms with Crippen molar-refractivity contribution in [1.82, 2.24) is 10.2 Å². The van der Waals surface area contributed by atoms with Gasteiger partial charge in [-0.05, 0) is 18.9 Å². The average molecular weight is 308 g/mol. The van der Waals surface area contributed by atoms with E-state index in [4.69, 9.17) is 0 Å². The van der Waals surface area contributed by atoms with Crippen molar-refractivity contribution in [3.63, 3.8) is 0 Å². The molecule has 0 radical (unpaired) electrons. The Bertz CT molecular complexity index is 516. The van der Waals surface area contributed by atoms with Gasteiger partial charge in [0, 0.05) is 28.9 Å². The molecule has 0 aromatic heterocycles. The summed E-state index contributed by atoms with van der Waals surface area (Å²) >= 11 is 0. The molecule has 21 heavy (non-hydrogen) atoms. The first kappa shape index (κ1) is 16.2. The zero-order valence-corrected chi connectivity index (χ0v) is 13.8. The minimum atomic E-state index is -0.848. The van der Waals surface area contributed by atoms with Crippen LogP contribution in [-0.4, -0.2) is 39.1 Å². The van der Waals surface area contributed by atoms with Gasteiger partial charge in [-0.15, -0.1) is 0 Å². The second kappa shape index (κ2) is 7.18. The predicted molar refractivity (Wildman–Crippen MR) is 86.4 cm³/mol. The fraction of sp³-hybridized carbons (Fsp3) is 0.562. The second-order valence-electron chi connectivity index (χ2n) is 5.40. The fourth-order valence-electron chi connectivity index (χ4n) is 2.58. The van der Waals surface area contributed by atoms with Crippen LogP contribution in [0.25, 0.3) is 0 Å². The number of nitrogens with one attached hydrogen (secondary N) is 1. The number of carbonyl (C=O) groups excluding carboxylic acids is 1. The van der Waals surface area contributed by atoms with Gasteiger partial charge in [-0.1, -0.05) is 43.7 Å². The smallest absolute Gasteiger partial charge is 0.241 e. The van der Waals surface area contributed by atoms with Crippen LogP contribution in [0, 0.1) is 6.92 Å². The van der Waals surface area contributed by atoms with E-state index in [2.05, 4.69) is 29.6 Å². The van der Waals surface area contributed by atoms with Crippen LogP contribution in [0.1, 0.15) is 37.6 Å². The Kier molecular flexibility index (Phi) is 5.53. The quantitative estimate of drug-likeness (QED) is 0.874. The number of hydrogen-bond acceptors (Lipinski definition) is 3. The minimum absolute atomic E-state index is 0.100. The first-order valence-corrected chi connectivity index (χ1v) is 9.03. The molecule has 0 bridgehead atoms. The molecule has 1 N–H and O–H groups in total. The van der Waals surface area contributed by atoms with Gasteiger partial charge >= 0.3 is 0 Å². The Balaban J connectivity index is 2.17. The van der Waals surface area contributed by atoms with Crippen molar-refractivity contribution in [1.29, 1.82) is 0 Å². The van der Waals surface area contributed by atoms with E-state index < -0.39 is 10.8 Å². The van der Waals surface area contributed by atoms with Crippen molar-refractivity contribution >= 4 is 16.7 Å². The summed E-state index contributed by atoms with van der Waals surface area (Å²) < 4.78 is 11.7. The van der Waals surface area contributed by atoms with E-state index in [1.807, 2.05) is 25.7 Å². The molecule has 1 aromatic rings. The van der Waals surface area contributed by atoms with Gasteiger partial charge in [0.25, 0.3) is 0 Å². The Morgan fingerprint density at radius 3 is 2.48 bits per heavy atom. The van der Waals surface area contributed by atoms with Gasteiger partial charge in [-0.3, -0.25) is 14.3 Å². The van der Waals surface area contributed by atoms with Crippen LogP contribution in [-0.2, 0) is 15.6 Å². The molecule has 1 aliphatic rings. The normalized spacial score (nSPS) is 23.6. The van der Waals surface area contributed by atoms with Crippen molar-refractivity contribution < 1.29 is 9.00 Å². The highest BCUT2D eigenvalue weighted by Gasteiger charge is 2.38. The molecule has 0 spiro atoms. The number of nitrogens with zero attached hydrogens (tertiary/aromatic N) is 1. The van der Waals surface area contributed by atoms with Crippen LogP contribution in [0.5, 0.6) is 0 Å². The summed E-state index contributed by atoms with van der Waals surface area (Å²) in [6, 6.07) is 8.10. The molecule has 1 fully saturated rings. The summed E-state index contributed by atoms with van der Waals surface area (Å²) in [6.45, 7) is 6.51. The molecule has 1 aromatic carbocycles. The summed E-state index contributed by atoms with van der Waals surface area (Å²) in [5.41, 5.74) is 2.29. The molecule has 1 saturated heterocycles. The van der Waals surface area contributed by atoms with Crippen LogP contribution < -0.4 is 5.32 Å². The van der Waals surface area contributed by atoms with Gasteiger partial charge in [-0.25, -0.2) is 0 Å². The van der Waals surface area contributed by atoms with Crippen LogP contribution in [0.15, 0.2) is 24.3 Å². The van der Waals surface area contributed by atoms with Gasteiger partial charge in [0.05, 0.1) is 6.04 Å². The van der Waals surface area contributed by atoms with Crippen molar-refractivity contribution in [3.8, 4) is 0 Å². The molecule has 3 atom stereocenters. The molecule has 3 unspecified atom stereocenters. The lowest BCUT2D eigenvalue weighted by Gasteiger charge is -2.24. The number of hydrogen-bond donors (Lipinski definition) is 1. The lowest BCUT2D eigenvalue weighted by atomic mass is 10.1. The molecule has 4 nitrogen and oxygen atoms in total. The van der Waals surface area contributed by atoms with Crippen molar-refractivity contribution in [2.45, 2.75) is 39.4 Å². The number of amides is 1. The first-order valence-electron chi connectivity index (χ1n) is 7.54. The average Bonchev–Trinajstić information content (AvgIpc) is 2.81. The zero-order chi connectivity index (χ0) is 15.4. The number of carbonyl (C=O) groups is 1. The Labute approximate surface area is 129 Å². The Morgan fingerprint density at radius 1 is 1.24 bits per heavy atom. The summed E-state index contributed by atoms with van der Waals surface area (Å²) in [4.78, 5) is 14.3. The van der Waals surface area contributed by atoms with Gasteiger partial charge in [0.15, 0.2) is 0 Å². The standard InChI is InChI=1S/C16H24N2O2S/c1-4-14-16(19)18(10-11-21(20)5-2)15(17-14)13-8-6-12(3)7-9-13/h6-9,14-15,17H,4-5,10-11H2,1-3H3. The third-order valence-electron chi connectivity index (χ3n) is 3.94. The van der Waals surface area contributed by atoms with Crippen LogP contribution in [0.2, 0.25) is 0 Å². The Morgan fingerprint density at radius 2 is 1.90 bits per heavy atom. The Hall–Kier alpha value is -1.20. The van der Waals surface area contributed by atoms with Crippen LogP contribution in [0.4, 0.5) is 0 Å². The van der Waals surface area contributed by atoms with E-state index in [0.717, 1.165) is 12.0 Å². The lowest BCUT2D eigenvalue weighted by molar-refractivity contribution is -0.129. The van der Waals surface area contributed by atoms with Gasteiger partial charge < -0.3 is 4.90 Å². The molecule has 0 saturated carbocycles. The van der Waals surface area contributed by atoms with Crippen molar-refractivity contribution in [2.75, 3.05) is 18.1 Å². The molecule has 1 heterocycles. The number of aryl methyl sites for hydroxylation is 1. The van der Waals surface area contributed by atoms with Crippen LogP contribution in [0.3, 0.4) is 0 Å². The van der Waals surface area contributed by atoms with Gasteiger partial charge in [0.2, 0.25) is 5.91 Å². The third-order valence-corrected chi connectivity index (χ3v) is 5.22. The molecule has 1 aliphatic heterocycles. The van der Waals surface area contributed by atoms with Gasteiger partial charge in [0.1, 0.15) is 6.17 Å². The number of benzene rings is 1. The topological polar surface area (TPSA) is 49.4 Å². The summed E-state index contributed by atoms with van der Waals surface area (Å²) in [5, 5.41) is 3.40. The van der Waals surface area contributed by atoms with Crippen LogP contribution >= 0.6 is 0 Å². The highest BCUT2D eigenvalue weighted by Crippen LogP contribution is 2.26. The van der Waals surface area contributed by atoms with E-state index in [1.54, 1.807) is 0 Å². The molecule has 0 aliphatic carbocycles. The third kappa shape index (κ3) is 3.71. The summed E-state index contributed by atoms with van der Waals surface area (Å²) in [5.74, 6) is 1.31. The maximum Gasteiger partial charge on any atom is 0.241 e. The van der Waals surface area contributed by atoms with E-state index in [1.165, 1.54) is 5.56 Å². The maximum absolute atomic E-state index is 12.5. The molecule has 1 amide bonds. The van der Waals surface area contributed by atoms with E-state index in [-0.39, 0.29) is 18.1 Å². The molecular formula is C16H24N2O2S. The van der Waals surface area contributed by atoms with Crippen molar-refractivity contribution in [2.24, 2.45) is 0 Å². The van der Waals surface area contributed by atoms with E-state index in [9.17, 15) is 9.00 Å². The zero-order valence-electron chi connectivity index (χ0n) is 13.0. The summed E-state index contributed by atoms with van der Waals surface area (Å²) in [7, 11) is -0.848. The molecule has 5 heteroatoms. The molecule has 116 valence electrons. The summed E-state index contributed by atoms with van der Waals surface area (Å²) in [6.07, 6.45) is 0.672. The maximum atomic E-state index is 12.5. The SMILES string of the molecule is CCC1NC(c2ccc(C)cc2)N(CCS(=O)CC)C1=O. The van der Waals surface area contributed by atoms with Crippen molar-refractivity contribution in [3.05, 3.63) is 35.4 Å². The lowest BCUT2D eigenvalue weighted by Crippen LogP contribution is -2.34. The number of rotatable bonds is 6. The van der Waals surface area contributed by atoms with E-state index in [0.29, 0.717) is 18.1 Å². The predicted octanol–water partition coefficient (Wildman–Crippen LogP) is 1.97. The highest BCUT2D eigenvalue weighted by molar-refractivity contribution is 7.84. The highest BCUT2D eigenvalue weighted by atomic mass is 32.2. The first-order chi connectivity index (χ1) is 10.1. The fourth-order valence-corrected chi connectivity index (χ4v) is 3.27. The molecular weight excluding hydrogens is 284 g/mol. The molecule has 2 rings (SSSR count).